The molecule has 0 bridgehead atoms. The highest BCUT2D eigenvalue weighted by molar-refractivity contribution is 6.31. The van der Waals surface area contributed by atoms with Crippen LogP contribution in [-0.4, -0.2) is 47.3 Å². The predicted octanol–water partition coefficient (Wildman–Crippen LogP) is 5.14. The van der Waals surface area contributed by atoms with Gasteiger partial charge in [-0.05, 0) is 54.4 Å². The number of nitrogens with zero attached hydrogens (tertiary/aromatic N) is 3. The Morgan fingerprint density at radius 1 is 0.973 bits per heavy atom. The highest BCUT2D eigenvalue weighted by Gasteiger charge is 2.34. The van der Waals surface area contributed by atoms with Crippen molar-refractivity contribution >= 4 is 35.0 Å². The number of rotatable bonds is 6. The first-order valence-electron chi connectivity index (χ1n) is 11.4. The topological polar surface area (TPSA) is 60.9 Å². The number of halogens is 4. The van der Waals surface area contributed by atoms with Gasteiger partial charge in [0, 0.05) is 22.8 Å². The Labute approximate surface area is 216 Å². The van der Waals surface area contributed by atoms with Gasteiger partial charge in [0.1, 0.15) is 19.8 Å². The van der Waals surface area contributed by atoms with Gasteiger partial charge < -0.3 is 9.80 Å². The van der Waals surface area contributed by atoms with Crippen LogP contribution in [0, 0.1) is 6.92 Å². The molecule has 6 nitrogen and oxygen atoms in total. The third-order valence-electron chi connectivity index (χ3n) is 6.11. The molecular weight excluding hydrogens is 507 g/mol. The Hall–Kier alpha value is -3.85. The summed E-state index contributed by atoms with van der Waals surface area (Å²) in [5.41, 5.74) is 1.18. The van der Waals surface area contributed by atoms with Crippen LogP contribution in [0.25, 0.3) is 0 Å². The molecule has 37 heavy (non-hydrogen) atoms. The van der Waals surface area contributed by atoms with Crippen LogP contribution in [0.3, 0.4) is 0 Å². The Bertz CT molecular complexity index is 1310. The number of benzene rings is 3. The van der Waals surface area contributed by atoms with Crippen LogP contribution in [0.5, 0.6) is 0 Å². The second-order valence-corrected chi connectivity index (χ2v) is 9.07. The van der Waals surface area contributed by atoms with E-state index in [0.717, 1.165) is 29.8 Å². The van der Waals surface area contributed by atoms with Crippen molar-refractivity contribution in [2.75, 3.05) is 24.7 Å². The normalized spacial score (nSPS) is 13.7. The summed E-state index contributed by atoms with van der Waals surface area (Å²) < 4.78 is 38.9. The molecule has 0 unspecified atom stereocenters. The van der Waals surface area contributed by atoms with E-state index in [-0.39, 0.29) is 37.8 Å². The average molecular weight is 530 g/mol. The van der Waals surface area contributed by atoms with E-state index in [1.165, 1.54) is 14.7 Å². The molecule has 0 spiro atoms. The van der Waals surface area contributed by atoms with Gasteiger partial charge in [-0.1, -0.05) is 48.0 Å². The van der Waals surface area contributed by atoms with E-state index in [9.17, 15) is 27.6 Å². The molecule has 3 aromatic rings. The molecule has 0 N–H and O–H groups in total. The van der Waals surface area contributed by atoms with Crippen LogP contribution in [0.15, 0.2) is 72.8 Å². The number of carbonyl (C=O) groups excluding carboxylic acids is 3. The van der Waals surface area contributed by atoms with Gasteiger partial charge in [-0.25, -0.2) is 0 Å². The molecule has 0 radical (unpaired) electrons. The van der Waals surface area contributed by atoms with E-state index in [0.29, 0.717) is 16.3 Å². The van der Waals surface area contributed by atoms with Gasteiger partial charge in [0.15, 0.2) is 0 Å². The van der Waals surface area contributed by atoms with Crippen LogP contribution in [0.2, 0.25) is 5.02 Å². The molecule has 1 fully saturated rings. The van der Waals surface area contributed by atoms with Gasteiger partial charge in [-0.2, -0.15) is 13.2 Å². The first kappa shape index (κ1) is 26.2. The van der Waals surface area contributed by atoms with E-state index in [2.05, 4.69) is 0 Å². The van der Waals surface area contributed by atoms with Crippen molar-refractivity contribution in [1.82, 2.24) is 9.80 Å². The lowest BCUT2D eigenvalue weighted by atomic mass is 10.1. The van der Waals surface area contributed by atoms with E-state index in [1.807, 2.05) is 0 Å². The molecule has 0 atom stereocenters. The average Bonchev–Trinajstić information content (AvgIpc) is 3.26. The molecule has 4 rings (SSSR count). The minimum Gasteiger partial charge on any atom is -0.325 e. The molecule has 0 aromatic heterocycles. The SMILES string of the molecule is Cc1c(Cl)cccc1N1CN(C(=O)CN(Cc2ccccc2)C(=O)c2ccc(C(F)(F)F)cc2)CC1=O. The minimum absolute atomic E-state index is 0.00744. The molecule has 1 aliphatic heterocycles. The van der Waals surface area contributed by atoms with Gasteiger partial charge in [0.25, 0.3) is 5.91 Å². The summed E-state index contributed by atoms with van der Waals surface area (Å²) >= 11 is 6.19. The van der Waals surface area contributed by atoms with E-state index in [1.54, 1.807) is 55.5 Å². The van der Waals surface area contributed by atoms with Crippen LogP contribution >= 0.6 is 11.6 Å². The van der Waals surface area contributed by atoms with Crippen LogP contribution in [0.4, 0.5) is 18.9 Å². The molecule has 0 aliphatic carbocycles. The minimum atomic E-state index is -4.53. The summed E-state index contributed by atoms with van der Waals surface area (Å²) in [6.07, 6.45) is -4.53. The molecule has 10 heteroatoms. The molecule has 0 saturated carbocycles. The van der Waals surface area contributed by atoms with Crippen molar-refractivity contribution < 1.29 is 27.6 Å². The zero-order valence-electron chi connectivity index (χ0n) is 19.8. The quantitative estimate of drug-likeness (QED) is 0.444. The lowest BCUT2D eigenvalue weighted by Gasteiger charge is -2.26. The van der Waals surface area contributed by atoms with Crippen molar-refractivity contribution in [2.45, 2.75) is 19.6 Å². The fourth-order valence-electron chi connectivity index (χ4n) is 4.07. The second-order valence-electron chi connectivity index (χ2n) is 8.66. The summed E-state index contributed by atoms with van der Waals surface area (Å²) in [7, 11) is 0. The molecular formula is C27H23ClF3N3O3. The summed E-state index contributed by atoms with van der Waals surface area (Å²) in [5.74, 6) is -1.35. The van der Waals surface area contributed by atoms with Gasteiger partial charge in [-0.15, -0.1) is 0 Å². The molecule has 3 amide bonds. The fraction of sp³-hybridized carbons (Fsp3) is 0.222. The van der Waals surface area contributed by atoms with Gasteiger partial charge in [-0.3, -0.25) is 19.3 Å². The maximum absolute atomic E-state index is 13.3. The summed E-state index contributed by atoms with van der Waals surface area (Å²) in [5, 5.41) is 0.492. The lowest BCUT2D eigenvalue weighted by Crippen LogP contribution is -2.42. The Morgan fingerprint density at radius 2 is 1.65 bits per heavy atom. The molecule has 1 aliphatic rings. The van der Waals surface area contributed by atoms with Crippen molar-refractivity contribution in [3.05, 3.63) is 100 Å². The zero-order chi connectivity index (χ0) is 26.7. The van der Waals surface area contributed by atoms with E-state index < -0.39 is 23.6 Å². The smallest absolute Gasteiger partial charge is 0.325 e. The maximum atomic E-state index is 13.3. The molecule has 3 aromatic carbocycles. The van der Waals surface area contributed by atoms with Crippen molar-refractivity contribution in [3.8, 4) is 0 Å². The number of hydrogen-bond acceptors (Lipinski definition) is 3. The zero-order valence-corrected chi connectivity index (χ0v) is 20.6. The third kappa shape index (κ3) is 5.94. The first-order valence-corrected chi connectivity index (χ1v) is 11.8. The van der Waals surface area contributed by atoms with Crippen LogP contribution in [0.1, 0.15) is 27.0 Å². The van der Waals surface area contributed by atoms with Gasteiger partial charge in [0.05, 0.1) is 5.56 Å². The Kier molecular flexibility index (Phi) is 7.54. The number of amides is 3. The fourth-order valence-corrected chi connectivity index (χ4v) is 4.23. The van der Waals surface area contributed by atoms with Crippen molar-refractivity contribution in [2.24, 2.45) is 0 Å². The van der Waals surface area contributed by atoms with E-state index in [4.69, 9.17) is 11.6 Å². The van der Waals surface area contributed by atoms with Crippen LogP contribution in [-0.2, 0) is 22.3 Å². The Morgan fingerprint density at radius 3 is 2.30 bits per heavy atom. The van der Waals surface area contributed by atoms with Gasteiger partial charge in [0.2, 0.25) is 11.8 Å². The Balaban J connectivity index is 1.54. The highest BCUT2D eigenvalue weighted by atomic mass is 35.5. The molecule has 1 saturated heterocycles. The van der Waals surface area contributed by atoms with E-state index >= 15 is 0 Å². The maximum Gasteiger partial charge on any atom is 0.416 e. The standard InChI is InChI=1S/C27H23ClF3N3O3/c1-18-22(28)8-5-9-23(18)34-17-33(16-25(34)36)24(35)15-32(14-19-6-3-2-4-7-19)26(37)20-10-12-21(13-11-20)27(29,30)31/h2-13H,14-17H2,1H3. The van der Waals surface area contributed by atoms with Crippen LogP contribution < -0.4 is 4.90 Å². The number of anilines is 1. The summed E-state index contributed by atoms with van der Waals surface area (Å²) in [6.45, 7) is 1.31. The number of alkyl halides is 3. The number of hydrogen-bond donors (Lipinski definition) is 0. The lowest BCUT2D eigenvalue weighted by molar-refractivity contribution is -0.137. The van der Waals surface area contributed by atoms with Crippen molar-refractivity contribution in [1.29, 1.82) is 0 Å². The molecule has 1 heterocycles. The summed E-state index contributed by atoms with van der Waals surface area (Å²) in [4.78, 5) is 43.3. The second kappa shape index (κ2) is 10.6. The third-order valence-corrected chi connectivity index (χ3v) is 6.52. The largest absolute Gasteiger partial charge is 0.416 e. The highest BCUT2D eigenvalue weighted by Crippen LogP contribution is 2.30. The number of carbonyl (C=O) groups is 3. The van der Waals surface area contributed by atoms with Gasteiger partial charge >= 0.3 is 6.18 Å². The predicted molar refractivity (Wildman–Crippen MR) is 133 cm³/mol. The molecule has 192 valence electrons. The van der Waals surface area contributed by atoms with Crippen molar-refractivity contribution in [3.63, 3.8) is 0 Å². The monoisotopic (exact) mass is 529 g/mol. The summed E-state index contributed by atoms with van der Waals surface area (Å²) in [6, 6.07) is 17.9. The first-order chi connectivity index (χ1) is 17.5.